The molecule has 2 nitrogen and oxygen atoms in total. The van der Waals surface area contributed by atoms with Gasteiger partial charge in [-0.15, -0.1) is 0 Å². The summed E-state index contributed by atoms with van der Waals surface area (Å²) in [6.07, 6.45) is 24.6. The highest BCUT2D eigenvalue weighted by Gasteiger charge is 2.40. The number of phenols is 2. The smallest absolute Gasteiger partial charge is 0.123 e. The van der Waals surface area contributed by atoms with Gasteiger partial charge < -0.3 is 10.2 Å². The summed E-state index contributed by atoms with van der Waals surface area (Å²) in [6.45, 7) is 12.1. The highest BCUT2D eigenvalue weighted by atomic mass is 16.3. The molecule has 0 unspecified atom stereocenters. The third-order valence-electron chi connectivity index (χ3n) is 13.7. The normalized spacial score (nSPS) is 24.7. The van der Waals surface area contributed by atoms with E-state index in [0.717, 1.165) is 0 Å². The predicted molar refractivity (Wildman–Crippen MR) is 185 cm³/mol. The minimum Gasteiger partial charge on any atom is -0.507 e. The molecule has 242 valence electrons. The van der Waals surface area contributed by atoms with Crippen LogP contribution in [-0.4, -0.2) is 10.2 Å². The lowest BCUT2D eigenvalue weighted by molar-refractivity contribution is 0.289. The summed E-state index contributed by atoms with van der Waals surface area (Å²) >= 11 is 0. The Hall–Kier alpha value is -1.96. The minimum absolute atomic E-state index is 0.0360. The maximum Gasteiger partial charge on any atom is 0.123 e. The monoisotopic (exact) mass is 598 g/mol. The molecule has 4 aliphatic rings. The third-order valence-corrected chi connectivity index (χ3v) is 13.7. The van der Waals surface area contributed by atoms with Crippen molar-refractivity contribution in [2.75, 3.05) is 0 Å². The van der Waals surface area contributed by atoms with E-state index in [4.69, 9.17) is 0 Å². The van der Waals surface area contributed by atoms with Gasteiger partial charge in [-0.1, -0.05) is 136 Å². The van der Waals surface area contributed by atoms with Gasteiger partial charge in [-0.3, -0.25) is 0 Å². The van der Waals surface area contributed by atoms with Crippen LogP contribution in [0.1, 0.15) is 202 Å². The van der Waals surface area contributed by atoms with Crippen LogP contribution in [-0.2, 0) is 21.7 Å². The fraction of sp³-hybridized carbons (Fsp3) is 0.714. The van der Waals surface area contributed by atoms with Crippen molar-refractivity contribution in [3.05, 3.63) is 57.6 Å². The zero-order valence-electron chi connectivity index (χ0n) is 28.9. The van der Waals surface area contributed by atoms with Crippen molar-refractivity contribution in [1.82, 2.24) is 0 Å². The average molecular weight is 599 g/mol. The number of hydrogen-bond acceptors (Lipinski definition) is 2. The Balaban J connectivity index is 1.51. The Morgan fingerprint density at radius 3 is 0.818 bits per heavy atom. The fourth-order valence-corrected chi connectivity index (χ4v) is 10.3. The van der Waals surface area contributed by atoms with Crippen molar-refractivity contribution in [3.63, 3.8) is 0 Å². The maximum atomic E-state index is 12.1. The van der Waals surface area contributed by atoms with Gasteiger partial charge in [-0.25, -0.2) is 0 Å². The van der Waals surface area contributed by atoms with Crippen LogP contribution in [0.3, 0.4) is 0 Å². The van der Waals surface area contributed by atoms with Crippen LogP contribution in [0.5, 0.6) is 11.5 Å². The first-order valence-electron chi connectivity index (χ1n) is 18.7. The Morgan fingerprint density at radius 2 is 0.614 bits per heavy atom. The second-order valence-electron chi connectivity index (χ2n) is 17.1. The molecule has 2 heteroatoms. The lowest BCUT2D eigenvalue weighted by atomic mass is 9.64. The molecule has 0 aromatic heterocycles. The van der Waals surface area contributed by atoms with Crippen LogP contribution < -0.4 is 0 Å². The van der Waals surface area contributed by atoms with E-state index in [2.05, 4.69) is 58.9 Å². The van der Waals surface area contributed by atoms with Gasteiger partial charge in [0.1, 0.15) is 11.5 Å². The molecule has 2 aromatic carbocycles. The molecule has 2 aromatic rings. The second kappa shape index (κ2) is 12.3. The number of aromatic hydroxyl groups is 2. The molecular weight excluding hydrogens is 536 g/mol. The minimum atomic E-state index is 0.0360. The zero-order chi connectivity index (χ0) is 31.2. The van der Waals surface area contributed by atoms with Crippen LogP contribution in [0, 0.1) is 0 Å². The van der Waals surface area contributed by atoms with Crippen molar-refractivity contribution in [2.24, 2.45) is 0 Å². The van der Waals surface area contributed by atoms with Crippen LogP contribution in [0.25, 0.3) is 0 Å². The molecule has 0 saturated heterocycles. The molecule has 0 atom stereocenters. The van der Waals surface area contributed by atoms with E-state index < -0.39 is 0 Å². The van der Waals surface area contributed by atoms with Gasteiger partial charge in [0.05, 0.1) is 0 Å². The van der Waals surface area contributed by atoms with Crippen LogP contribution >= 0.6 is 0 Å². The van der Waals surface area contributed by atoms with Gasteiger partial charge in [0.25, 0.3) is 0 Å². The molecule has 6 rings (SSSR count). The maximum absolute atomic E-state index is 12.1. The number of hydrogen-bond donors (Lipinski definition) is 2. The Morgan fingerprint density at radius 1 is 0.409 bits per heavy atom. The number of rotatable bonds is 6. The van der Waals surface area contributed by atoms with Crippen molar-refractivity contribution >= 4 is 0 Å². The van der Waals surface area contributed by atoms with Gasteiger partial charge in [0.2, 0.25) is 0 Å². The summed E-state index contributed by atoms with van der Waals surface area (Å²) in [6, 6.07) is 9.66. The van der Waals surface area contributed by atoms with Gasteiger partial charge >= 0.3 is 0 Å². The summed E-state index contributed by atoms with van der Waals surface area (Å²) in [7, 11) is 0. The first-order chi connectivity index (χ1) is 21.0. The van der Waals surface area contributed by atoms with E-state index in [0.29, 0.717) is 11.5 Å². The lowest BCUT2D eigenvalue weighted by Crippen LogP contribution is -2.30. The van der Waals surface area contributed by atoms with Crippen LogP contribution in [0.2, 0.25) is 0 Å². The average Bonchev–Trinajstić information content (AvgIpc) is 3.02. The molecule has 0 amide bonds. The second-order valence-corrected chi connectivity index (χ2v) is 17.1. The quantitative estimate of drug-likeness (QED) is 0.347. The summed E-state index contributed by atoms with van der Waals surface area (Å²) in [5.41, 5.74) is 7.70. The Kier molecular flexibility index (Phi) is 8.97. The molecule has 0 aliphatic heterocycles. The third kappa shape index (κ3) is 5.86. The number of phenolic OH excluding ortho intramolecular Hbond substituents is 2. The summed E-state index contributed by atoms with van der Waals surface area (Å²) in [5, 5.41) is 24.2. The molecule has 0 radical (unpaired) electrons. The number of benzene rings is 2. The molecule has 4 fully saturated rings. The topological polar surface area (TPSA) is 40.5 Å². The van der Waals surface area contributed by atoms with E-state index in [-0.39, 0.29) is 27.6 Å². The van der Waals surface area contributed by atoms with E-state index in [1.54, 1.807) is 0 Å². The molecular formula is C42H62O2. The Labute approximate surface area is 269 Å². The van der Waals surface area contributed by atoms with E-state index >= 15 is 0 Å². The molecule has 44 heavy (non-hydrogen) atoms. The molecule has 2 N–H and O–H groups in total. The fourth-order valence-electron chi connectivity index (χ4n) is 10.3. The summed E-state index contributed by atoms with van der Waals surface area (Å²) in [5.74, 6) is 1.41. The van der Waals surface area contributed by atoms with Crippen LogP contribution in [0.4, 0.5) is 0 Å². The molecule has 0 bridgehead atoms. The van der Waals surface area contributed by atoms with Gasteiger partial charge in [-0.05, 0) is 84.2 Å². The molecule has 0 spiro atoms. The standard InChI is InChI=1S/C42H62O2/c1-30(31-26-33(39(2)18-10-6-11-19-39)37(43)34(27-31)40(3)20-12-7-13-21-40)32-28-35(41(4)22-14-8-15-23-41)38(44)36(29-32)42(5)24-16-9-17-25-42/h26-30,43-44H,6-25H2,1-5H3. The first kappa shape index (κ1) is 32.0. The van der Waals surface area contributed by atoms with Crippen LogP contribution in [0.15, 0.2) is 24.3 Å². The molecule has 4 saturated carbocycles. The first-order valence-corrected chi connectivity index (χ1v) is 18.7. The summed E-state index contributed by atoms with van der Waals surface area (Å²) < 4.78 is 0. The van der Waals surface area contributed by atoms with Gasteiger partial charge in [0.15, 0.2) is 0 Å². The molecule has 0 heterocycles. The lowest BCUT2D eigenvalue weighted by Gasteiger charge is -2.40. The van der Waals surface area contributed by atoms with Gasteiger partial charge in [-0.2, -0.15) is 0 Å². The van der Waals surface area contributed by atoms with E-state index in [1.165, 1.54) is 162 Å². The SMILES string of the molecule is CC(c1cc(C2(C)CCCCC2)c(O)c(C2(C)CCCCC2)c1)c1cc(C2(C)CCCCC2)c(O)c(C2(C)CCCCC2)c1. The van der Waals surface area contributed by atoms with E-state index in [1.807, 2.05) is 0 Å². The largest absolute Gasteiger partial charge is 0.507 e. The van der Waals surface area contributed by atoms with Crippen molar-refractivity contribution in [2.45, 2.75) is 191 Å². The molecule has 4 aliphatic carbocycles. The Bertz CT molecular complexity index is 1120. The van der Waals surface area contributed by atoms with Crippen molar-refractivity contribution in [1.29, 1.82) is 0 Å². The summed E-state index contributed by atoms with van der Waals surface area (Å²) in [4.78, 5) is 0. The van der Waals surface area contributed by atoms with Gasteiger partial charge in [0, 0.05) is 28.2 Å². The zero-order valence-corrected chi connectivity index (χ0v) is 28.9. The predicted octanol–water partition coefficient (Wildman–Crippen LogP) is 12.1. The van der Waals surface area contributed by atoms with Crippen molar-refractivity contribution < 1.29 is 10.2 Å². The highest BCUT2D eigenvalue weighted by Crippen LogP contribution is 2.53. The van der Waals surface area contributed by atoms with E-state index in [9.17, 15) is 10.2 Å². The van der Waals surface area contributed by atoms with Crippen molar-refractivity contribution in [3.8, 4) is 11.5 Å². The highest BCUT2D eigenvalue weighted by molar-refractivity contribution is 5.56.